The van der Waals surface area contributed by atoms with E-state index in [-0.39, 0.29) is 0 Å². The van der Waals surface area contributed by atoms with E-state index < -0.39 is 0 Å². The summed E-state index contributed by atoms with van der Waals surface area (Å²) < 4.78 is 0. The van der Waals surface area contributed by atoms with Crippen molar-refractivity contribution in [2.45, 2.75) is 48.5 Å². The fourth-order valence-electron chi connectivity index (χ4n) is 0.493. The molecular weight excluding hydrogens is 132 g/mol. The van der Waals surface area contributed by atoms with Gasteiger partial charge in [-0.3, -0.25) is 0 Å². The van der Waals surface area contributed by atoms with E-state index in [1.807, 2.05) is 13.8 Å². The van der Waals surface area contributed by atoms with E-state index in [0.717, 1.165) is 0 Å². The molecule has 0 N–H and O–H groups in total. The van der Waals surface area contributed by atoms with Crippen molar-refractivity contribution >= 4 is 0 Å². The van der Waals surface area contributed by atoms with E-state index in [0.29, 0.717) is 11.3 Å². The summed E-state index contributed by atoms with van der Waals surface area (Å²) in [6.07, 6.45) is 0. The van der Waals surface area contributed by atoms with Gasteiger partial charge in [-0.05, 0) is 18.3 Å². The lowest BCUT2D eigenvalue weighted by Gasteiger charge is -2.29. The van der Waals surface area contributed by atoms with Gasteiger partial charge >= 0.3 is 0 Å². The van der Waals surface area contributed by atoms with E-state index in [2.05, 4.69) is 41.2 Å². The monoisotopic (exact) mass is 156 g/mol. The van der Waals surface area contributed by atoms with E-state index in [4.69, 9.17) is 0 Å². The molecule has 0 fully saturated rings. The first kappa shape index (κ1) is 13.3. The second-order valence-corrected chi connectivity index (χ2v) is 3.66. The molecule has 0 nitrogen and oxygen atoms in total. The van der Waals surface area contributed by atoms with Crippen LogP contribution in [0.4, 0.5) is 0 Å². The lowest BCUT2D eigenvalue weighted by Crippen LogP contribution is -2.19. The molecule has 0 saturated carbocycles. The van der Waals surface area contributed by atoms with Crippen LogP contribution in [-0.4, -0.2) is 0 Å². The smallest absolute Gasteiger partial charge is 0.0127 e. The number of rotatable bonds is 2. The first-order chi connectivity index (χ1) is 4.89. The Kier molecular flexibility index (Phi) is 6.55. The highest BCUT2D eigenvalue weighted by atomic mass is 14.3. The van der Waals surface area contributed by atoms with Gasteiger partial charge in [0.2, 0.25) is 0 Å². The van der Waals surface area contributed by atoms with Crippen molar-refractivity contribution in [3.63, 3.8) is 0 Å². The molecule has 0 aliphatic carbocycles. The Hall–Kier alpha value is -0.260. The van der Waals surface area contributed by atoms with Gasteiger partial charge in [-0.2, -0.15) is 0 Å². The molecule has 0 aromatic rings. The Morgan fingerprint density at radius 2 is 1.45 bits per heavy atom. The zero-order chi connectivity index (χ0) is 9.65. The second-order valence-electron chi connectivity index (χ2n) is 3.66. The van der Waals surface area contributed by atoms with Gasteiger partial charge in [0.15, 0.2) is 0 Å². The molecule has 0 spiro atoms. The molecular formula is C11H24. The molecule has 0 aromatic carbocycles. The Labute approximate surface area is 72.7 Å². The third-order valence-electron chi connectivity index (χ3n) is 2.54. The third kappa shape index (κ3) is 4.23. The summed E-state index contributed by atoms with van der Waals surface area (Å²) >= 11 is 0. The largest absolute Gasteiger partial charge is 0.0996 e. The maximum Gasteiger partial charge on any atom is -0.0127 e. The highest BCUT2D eigenvalue weighted by Gasteiger charge is 2.22. The summed E-state index contributed by atoms with van der Waals surface area (Å²) in [5.74, 6) is 0.690. The Morgan fingerprint density at radius 3 is 1.45 bits per heavy atom. The van der Waals surface area contributed by atoms with Crippen LogP contribution in [0.25, 0.3) is 0 Å². The molecule has 0 aromatic heterocycles. The van der Waals surface area contributed by atoms with Crippen molar-refractivity contribution in [1.29, 1.82) is 0 Å². The molecule has 0 heterocycles. The fraction of sp³-hybridized carbons (Fsp3) is 0.818. The average Bonchev–Trinajstić information content (AvgIpc) is 1.91. The van der Waals surface area contributed by atoms with Crippen molar-refractivity contribution in [3.05, 3.63) is 12.2 Å². The Bertz CT molecular complexity index is 107. The maximum absolute atomic E-state index is 3.95. The minimum absolute atomic E-state index is 0.306. The topological polar surface area (TPSA) is 0 Å². The number of hydrogen-bond donors (Lipinski definition) is 0. The fourth-order valence-corrected chi connectivity index (χ4v) is 0.493. The van der Waals surface area contributed by atoms with Crippen molar-refractivity contribution in [2.24, 2.45) is 11.3 Å². The van der Waals surface area contributed by atoms with Crippen LogP contribution in [0, 0.1) is 11.3 Å². The summed E-state index contributed by atoms with van der Waals surface area (Å²) in [6.45, 7) is 19.0. The molecule has 0 radical (unpaired) electrons. The molecule has 68 valence electrons. The first-order valence-corrected chi connectivity index (χ1v) is 4.55. The van der Waals surface area contributed by atoms with Gasteiger partial charge in [0, 0.05) is 0 Å². The SMILES string of the molecule is C=C(C)C(C)(C)C(C)C.CC. The molecule has 0 unspecified atom stereocenters. The van der Waals surface area contributed by atoms with E-state index in [9.17, 15) is 0 Å². The third-order valence-corrected chi connectivity index (χ3v) is 2.54. The van der Waals surface area contributed by atoms with Gasteiger partial charge in [0.05, 0.1) is 0 Å². The van der Waals surface area contributed by atoms with Gasteiger partial charge in [-0.25, -0.2) is 0 Å². The quantitative estimate of drug-likeness (QED) is 0.524. The van der Waals surface area contributed by atoms with Gasteiger partial charge in [0.1, 0.15) is 0 Å². The number of hydrogen-bond acceptors (Lipinski definition) is 0. The predicted molar refractivity (Wildman–Crippen MR) is 54.8 cm³/mol. The number of allylic oxidation sites excluding steroid dienone is 1. The van der Waals surface area contributed by atoms with Crippen molar-refractivity contribution < 1.29 is 0 Å². The van der Waals surface area contributed by atoms with Crippen LogP contribution in [0.1, 0.15) is 48.5 Å². The summed E-state index contributed by atoms with van der Waals surface area (Å²) in [5.41, 5.74) is 1.58. The van der Waals surface area contributed by atoms with Gasteiger partial charge < -0.3 is 0 Å². The van der Waals surface area contributed by atoms with Crippen LogP contribution in [-0.2, 0) is 0 Å². The zero-order valence-corrected chi connectivity index (χ0v) is 9.28. The van der Waals surface area contributed by atoms with Crippen LogP contribution >= 0.6 is 0 Å². The average molecular weight is 156 g/mol. The van der Waals surface area contributed by atoms with Crippen LogP contribution in [0.5, 0.6) is 0 Å². The van der Waals surface area contributed by atoms with Crippen LogP contribution in [0.3, 0.4) is 0 Å². The Morgan fingerprint density at radius 1 is 1.18 bits per heavy atom. The molecule has 0 heteroatoms. The van der Waals surface area contributed by atoms with Crippen LogP contribution in [0.15, 0.2) is 12.2 Å². The van der Waals surface area contributed by atoms with Crippen molar-refractivity contribution in [2.75, 3.05) is 0 Å². The highest BCUT2D eigenvalue weighted by Crippen LogP contribution is 2.32. The van der Waals surface area contributed by atoms with E-state index >= 15 is 0 Å². The van der Waals surface area contributed by atoms with E-state index in [1.54, 1.807) is 0 Å². The summed E-state index contributed by atoms with van der Waals surface area (Å²) in [4.78, 5) is 0. The normalized spacial score (nSPS) is 10.5. The molecule has 11 heavy (non-hydrogen) atoms. The van der Waals surface area contributed by atoms with Crippen molar-refractivity contribution in [1.82, 2.24) is 0 Å². The first-order valence-electron chi connectivity index (χ1n) is 4.55. The molecule has 0 atom stereocenters. The summed E-state index contributed by atoms with van der Waals surface area (Å²) in [7, 11) is 0. The summed E-state index contributed by atoms with van der Waals surface area (Å²) in [5, 5.41) is 0. The lowest BCUT2D eigenvalue weighted by molar-refractivity contribution is 0.311. The van der Waals surface area contributed by atoms with E-state index in [1.165, 1.54) is 5.57 Å². The standard InChI is InChI=1S/C9H18.C2H6/c1-7(2)9(5,6)8(3)4;1-2/h8H,1H2,2-6H3;1-2H3. The molecule has 0 aliphatic heterocycles. The maximum atomic E-state index is 3.95. The molecule has 0 saturated heterocycles. The van der Waals surface area contributed by atoms with Gasteiger partial charge in [-0.15, -0.1) is 0 Å². The summed E-state index contributed by atoms with van der Waals surface area (Å²) in [6, 6.07) is 0. The zero-order valence-electron chi connectivity index (χ0n) is 9.28. The highest BCUT2D eigenvalue weighted by molar-refractivity contribution is 5.04. The molecule has 0 aliphatic rings. The van der Waals surface area contributed by atoms with Gasteiger partial charge in [0.25, 0.3) is 0 Å². The lowest BCUT2D eigenvalue weighted by atomic mass is 9.76. The van der Waals surface area contributed by atoms with Gasteiger partial charge in [-0.1, -0.05) is 53.7 Å². The van der Waals surface area contributed by atoms with Crippen LogP contribution in [0.2, 0.25) is 0 Å². The minimum atomic E-state index is 0.306. The molecule has 0 bridgehead atoms. The Balaban J connectivity index is 0. The predicted octanol–water partition coefficient (Wildman–Crippen LogP) is 4.27. The van der Waals surface area contributed by atoms with Crippen molar-refractivity contribution in [3.8, 4) is 0 Å². The molecule has 0 rings (SSSR count). The van der Waals surface area contributed by atoms with Crippen LogP contribution < -0.4 is 0 Å². The molecule has 0 amide bonds. The minimum Gasteiger partial charge on any atom is -0.0996 e. The second kappa shape index (κ2) is 5.40.